The molecular weight excluding hydrogens is 166 g/mol. The van der Waals surface area contributed by atoms with Crippen molar-refractivity contribution in [2.75, 3.05) is 20.2 Å². The van der Waals surface area contributed by atoms with E-state index < -0.39 is 5.60 Å². The molecule has 0 radical (unpaired) electrons. The zero-order valence-electron chi connectivity index (χ0n) is 9.42. The van der Waals surface area contributed by atoms with Gasteiger partial charge < -0.3 is 15.2 Å². The van der Waals surface area contributed by atoms with Crippen LogP contribution in [-0.2, 0) is 4.74 Å². The molecule has 0 aliphatic rings. The fraction of sp³-hybridized carbons (Fsp3) is 1.00. The molecule has 2 unspecified atom stereocenters. The van der Waals surface area contributed by atoms with Gasteiger partial charge in [0.25, 0.3) is 0 Å². The number of aliphatic hydroxyl groups is 1. The molecule has 0 heterocycles. The van der Waals surface area contributed by atoms with Crippen molar-refractivity contribution in [1.29, 1.82) is 0 Å². The summed E-state index contributed by atoms with van der Waals surface area (Å²) in [5.41, 5.74) is -0.788. The quantitative estimate of drug-likeness (QED) is 0.655. The predicted octanol–water partition coefficient (Wildman–Crippen LogP) is 1.02. The lowest BCUT2D eigenvalue weighted by atomic mass is 10.0. The largest absolute Gasteiger partial charge is 0.386 e. The van der Waals surface area contributed by atoms with Gasteiger partial charge in [-0.25, -0.2) is 0 Å². The van der Waals surface area contributed by atoms with Crippen LogP contribution in [0.5, 0.6) is 0 Å². The van der Waals surface area contributed by atoms with Crippen LogP contribution >= 0.6 is 0 Å². The fourth-order valence-electron chi connectivity index (χ4n) is 1.01. The highest BCUT2D eigenvalue weighted by molar-refractivity contribution is 4.82. The van der Waals surface area contributed by atoms with Gasteiger partial charge in [0.05, 0.1) is 6.10 Å². The Morgan fingerprint density at radius 1 is 1.38 bits per heavy atom. The number of hydrogen-bond donors (Lipinski definition) is 2. The third-order valence-corrected chi connectivity index (χ3v) is 2.26. The molecular formula is C10H23NO2. The Morgan fingerprint density at radius 2 is 1.92 bits per heavy atom. The molecule has 0 fully saturated rings. The maximum Gasteiger partial charge on any atom is 0.100 e. The Labute approximate surface area is 81.5 Å². The summed E-state index contributed by atoms with van der Waals surface area (Å²) >= 11 is 0. The first-order valence-corrected chi connectivity index (χ1v) is 4.86. The van der Waals surface area contributed by atoms with E-state index in [0.717, 1.165) is 6.54 Å². The molecule has 80 valence electrons. The van der Waals surface area contributed by atoms with Crippen LogP contribution in [0.2, 0.25) is 0 Å². The first-order valence-electron chi connectivity index (χ1n) is 4.86. The molecule has 0 aromatic rings. The Hall–Kier alpha value is -0.120. The van der Waals surface area contributed by atoms with Gasteiger partial charge in [-0.05, 0) is 26.3 Å². The summed E-state index contributed by atoms with van der Waals surface area (Å²) in [7, 11) is 1.61. The van der Waals surface area contributed by atoms with Crippen molar-refractivity contribution >= 4 is 0 Å². The number of nitrogens with one attached hydrogen (secondary N) is 1. The van der Waals surface area contributed by atoms with Crippen molar-refractivity contribution in [3.8, 4) is 0 Å². The van der Waals surface area contributed by atoms with E-state index in [1.807, 2.05) is 6.92 Å². The van der Waals surface area contributed by atoms with Crippen molar-refractivity contribution in [2.45, 2.75) is 39.4 Å². The number of methoxy groups -OCH3 is 1. The minimum absolute atomic E-state index is 0.146. The van der Waals surface area contributed by atoms with Gasteiger partial charge in [-0.15, -0.1) is 0 Å². The molecule has 3 nitrogen and oxygen atoms in total. The molecule has 0 saturated heterocycles. The van der Waals surface area contributed by atoms with E-state index in [4.69, 9.17) is 4.74 Å². The van der Waals surface area contributed by atoms with Crippen LogP contribution in [0, 0.1) is 5.92 Å². The summed E-state index contributed by atoms with van der Waals surface area (Å²) in [4.78, 5) is 0. The van der Waals surface area contributed by atoms with E-state index in [1.165, 1.54) is 0 Å². The zero-order valence-corrected chi connectivity index (χ0v) is 9.42. The average Bonchev–Trinajstić information content (AvgIpc) is 2.01. The maximum atomic E-state index is 9.91. The molecule has 2 atom stereocenters. The predicted molar refractivity (Wildman–Crippen MR) is 54.8 cm³/mol. The van der Waals surface area contributed by atoms with Crippen LogP contribution in [0.25, 0.3) is 0 Å². The summed E-state index contributed by atoms with van der Waals surface area (Å²) in [6.45, 7) is 9.43. The van der Waals surface area contributed by atoms with Gasteiger partial charge in [-0.3, -0.25) is 0 Å². The third-order valence-electron chi connectivity index (χ3n) is 2.26. The molecule has 0 saturated carbocycles. The lowest BCUT2D eigenvalue weighted by Crippen LogP contribution is -2.47. The minimum Gasteiger partial charge on any atom is -0.386 e. The van der Waals surface area contributed by atoms with Crippen molar-refractivity contribution in [2.24, 2.45) is 5.92 Å². The van der Waals surface area contributed by atoms with Crippen molar-refractivity contribution in [3.05, 3.63) is 0 Å². The molecule has 0 rings (SSSR count). The number of rotatable bonds is 6. The van der Waals surface area contributed by atoms with E-state index in [1.54, 1.807) is 14.0 Å². The van der Waals surface area contributed by atoms with Gasteiger partial charge in [0, 0.05) is 13.7 Å². The lowest BCUT2D eigenvalue weighted by molar-refractivity contribution is -0.0705. The molecule has 0 aliphatic carbocycles. The molecule has 2 N–H and O–H groups in total. The topological polar surface area (TPSA) is 41.5 Å². The van der Waals surface area contributed by atoms with Crippen LogP contribution in [0.15, 0.2) is 0 Å². The third kappa shape index (κ3) is 5.24. The second kappa shape index (κ2) is 5.58. The summed E-state index contributed by atoms with van der Waals surface area (Å²) in [6.07, 6.45) is -0.146. The van der Waals surface area contributed by atoms with Gasteiger partial charge in [0.2, 0.25) is 0 Å². The minimum atomic E-state index is -0.788. The van der Waals surface area contributed by atoms with Crippen molar-refractivity contribution in [3.63, 3.8) is 0 Å². The Bertz CT molecular complexity index is 135. The molecule has 0 aromatic carbocycles. The second-order valence-electron chi connectivity index (χ2n) is 4.26. The van der Waals surface area contributed by atoms with Gasteiger partial charge in [0.15, 0.2) is 0 Å². The van der Waals surface area contributed by atoms with Gasteiger partial charge >= 0.3 is 0 Å². The molecule has 0 amide bonds. The first-order chi connectivity index (χ1) is 5.90. The van der Waals surface area contributed by atoms with E-state index in [0.29, 0.717) is 12.5 Å². The van der Waals surface area contributed by atoms with Crippen LogP contribution in [-0.4, -0.2) is 37.0 Å². The SMILES string of the molecule is COC(C)C(C)(O)CNCC(C)C. The Kier molecular flexibility index (Phi) is 5.53. The highest BCUT2D eigenvalue weighted by atomic mass is 16.5. The van der Waals surface area contributed by atoms with Crippen LogP contribution in [0.4, 0.5) is 0 Å². The summed E-state index contributed by atoms with van der Waals surface area (Å²) in [5.74, 6) is 0.605. The van der Waals surface area contributed by atoms with Crippen molar-refractivity contribution < 1.29 is 9.84 Å². The standard InChI is InChI=1S/C10H23NO2/c1-8(2)6-11-7-10(4,12)9(3)13-5/h8-9,11-12H,6-7H2,1-5H3. The molecule has 0 spiro atoms. The maximum absolute atomic E-state index is 9.91. The molecule has 0 bridgehead atoms. The fourth-order valence-corrected chi connectivity index (χ4v) is 1.01. The normalized spacial score (nSPS) is 18.7. The Balaban J connectivity index is 3.75. The molecule has 13 heavy (non-hydrogen) atoms. The van der Waals surface area contributed by atoms with Crippen molar-refractivity contribution in [1.82, 2.24) is 5.32 Å². The molecule has 3 heteroatoms. The molecule has 0 aromatic heterocycles. The monoisotopic (exact) mass is 189 g/mol. The van der Waals surface area contributed by atoms with Gasteiger partial charge in [0.1, 0.15) is 5.60 Å². The zero-order chi connectivity index (χ0) is 10.5. The lowest BCUT2D eigenvalue weighted by Gasteiger charge is -2.29. The van der Waals surface area contributed by atoms with E-state index in [-0.39, 0.29) is 6.10 Å². The van der Waals surface area contributed by atoms with Crippen LogP contribution in [0.3, 0.4) is 0 Å². The van der Waals surface area contributed by atoms with Gasteiger partial charge in [-0.2, -0.15) is 0 Å². The molecule has 0 aliphatic heterocycles. The van der Waals surface area contributed by atoms with E-state index in [9.17, 15) is 5.11 Å². The smallest absolute Gasteiger partial charge is 0.100 e. The number of ether oxygens (including phenoxy) is 1. The summed E-state index contributed by atoms with van der Waals surface area (Å²) in [6, 6.07) is 0. The first kappa shape index (κ1) is 12.9. The van der Waals surface area contributed by atoms with Crippen LogP contribution in [0.1, 0.15) is 27.7 Å². The summed E-state index contributed by atoms with van der Waals surface area (Å²) < 4.78 is 5.08. The van der Waals surface area contributed by atoms with Crippen LogP contribution < -0.4 is 5.32 Å². The highest BCUT2D eigenvalue weighted by Crippen LogP contribution is 2.10. The second-order valence-corrected chi connectivity index (χ2v) is 4.26. The highest BCUT2D eigenvalue weighted by Gasteiger charge is 2.27. The Morgan fingerprint density at radius 3 is 2.31 bits per heavy atom. The van der Waals surface area contributed by atoms with E-state index >= 15 is 0 Å². The van der Waals surface area contributed by atoms with Gasteiger partial charge in [-0.1, -0.05) is 13.8 Å². The van der Waals surface area contributed by atoms with E-state index in [2.05, 4.69) is 19.2 Å². The average molecular weight is 189 g/mol. The summed E-state index contributed by atoms with van der Waals surface area (Å²) in [5, 5.41) is 13.1. The number of hydrogen-bond acceptors (Lipinski definition) is 3.